The van der Waals surface area contributed by atoms with Crippen LogP contribution in [0.4, 0.5) is 0 Å². The fourth-order valence-corrected chi connectivity index (χ4v) is 6.56. The highest BCUT2D eigenvalue weighted by Gasteiger charge is 2.68. The summed E-state index contributed by atoms with van der Waals surface area (Å²) >= 11 is 0. The maximum atomic E-state index is 12.9. The van der Waals surface area contributed by atoms with E-state index >= 15 is 0 Å². The predicted octanol–water partition coefficient (Wildman–Crippen LogP) is 2.32. The molecule has 3 saturated carbocycles. The maximum absolute atomic E-state index is 12.9. The molecule has 5 aliphatic rings. The van der Waals surface area contributed by atoms with Crippen molar-refractivity contribution in [2.24, 2.45) is 35.0 Å². The minimum atomic E-state index is -0.761. The molecule has 1 saturated heterocycles. The third kappa shape index (κ3) is 2.24. The van der Waals surface area contributed by atoms with Gasteiger partial charge < -0.3 is 14.7 Å². The second-order valence-corrected chi connectivity index (χ2v) is 8.78. The van der Waals surface area contributed by atoms with Crippen molar-refractivity contribution in [1.29, 1.82) is 0 Å². The van der Waals surface area contributed by atoms with Gasteiger partial charge in [-0.15, -0.1) is 0 Å². The lowest BCUT2D eigenvalue weighted by Crippen LogP contribution is -2.44. The Morgan fingerprint density at radius 2 is 1.84 bits per heavy atom. The van der Waals surface area contributed by atoms with Gasteiger partial charge in [0.2, 0.25) is 5.91 Å². The highest BCUT2D eigenvalue weighted by atomic mass is 16.5. The van der Waals surface area contributed by atoms with Crippen molar-refractivity contribution >= 4 is 11.9 Å². The van der Waals surface area contributed by atoms with E-state index in [4.69, 9.17) is 4.74 Å². The van der Waals surface area contributed by atoms with Gasteiger partial charge in [0.15, 0.2) is 0 Å². The van der Waals surface area contributed by atoms with Gasteiger partial charge >= 0.3 is 5.97 Å². The summed E-state index contributed by atoms with van der Waals surface area (Å²) in [5.74, 6) is 2.90. The Balaban J connectivity index is 1.27. The number of hydrogen-bond donors (Lipinski definition) is 1. The number of carbonyl (C=O) groups is 2. The fraction of sp³-hybridized carbons (Fsp3) is 0.800. The molecule has 2 heterocycles. The number of nitrogens with zero attached hydrogens (tertiary/aromatic N) is 1. The molecule has 0 aromatic carbocycles. The fourth-order valence-electron chi connectivity index (χ4n) is 6.56. The van der Waals surface area contributed by atoms with E-state index in [-0.39, 0.29) is 5.92 Å². The molecule has 5 heteroatoms. The smallest absolute Gasteiger partial charge is 0.313 e. The third-order valence-electron chi connectivity index (χ3n) is 7.91. The first-order valence-corrected chi connectivity index (χ1v) is 9.91. The van der Waals surface area contributed by atoms with Crippen LogP contribution < -0.4 is 0 Å². The molecule has 2 aliphatic heterocycles. The number of fused-ring (bicyclic) bond motifs is 5. The highest BCUT2D eigenvalue weighted by molar-refractivity contribution is 5.84. The lowest BCUT2D eigenvalue weighted by Gasteiger charge is -2.39. The van der Waals surface area contributed by atoms with E-state index < -0.39 is 11.4 Å². The van der Waals surface area contributed by atoms with Gasteiger partial charge in [0.05, 0.1) is 5.41 Å². The van der Waals surface area contributed by atoms with E-state index in [2.05, 4.69) is 0 Å². The number of rotatable bonds is 3. The van der Waals surface area contributed by atoms with E-state index in [1.54, 1.807) is 0 Å². The molecule has 4 fully saturated rings. The molecule has 5 nitrogen and oxygen atoms in total. The quantitative estimate of drug-likeness (QED) is 0.797. The first-order chi connectivity index (χ1) is 12.1. The van der Waals surface area contributed by atoms with Crippen LogP contribution in [0.15, 0.2) is 11.6 Å². The molecule has 0 aromatic rings. The number of ether oxygens (including phenoxy) is 1. The summed E-state index contributed by atoms with van der Waals surface area (Å²) in [7, 11) is 0. The zero-order valence-corrected chi connectivity index (χ0v) is 14.7. The number of carbonyl (C=O) groups excluding carboxylic acids is 1. The van der Waals surface area contributed by atoms with E-state index in [9.17, 15) is 14.7 Å². The van der Waals surface area contributed by atoms with Crippen molar-refractivity contribution in [3.05, 3.63) is 11.6 Å². The molecule has 0 radical (unpaired) electrons. The normalized spacial score (nSPS) is 41.2. The van der Waals surface area contributed by atoms with E-state index in [1.807, 2.05) is 11.0 Å². The van der Waals surface area contributed by atoms with Crippen molar-refractivity contribution in [3.8, 4) is 0 Å². The van der Waals surface area contributed by atoms with Crippen molar-refractivity contribution in [3.63, 3.8) is 0 Å². The van der Waals surface area contributed by atoms with Crippen LogP contribution in [0.2, 0.25) is 0 Å². The monoisotopic (exact) mass is 345 g/mol. The topological polar surface area (TPSA) is 66.8 Å². The van der Waals surface area contributed by atoms with Gasteiger partial charge in [-0.2, -0.15) is 0 Å². The Kier molecular flexibility index (Phi) is 3.53. The summed E-state index contributed by atoms with van der Waals surface area (Å²) in [5, 5.41) is 9.81. The lowest BCUT2D eigenvalue weighted by atomic mass is 9.71. The van der Waals surface area contributed by atoms with Crippen LogP contribution in [0, 0.1) is 35.0 Å². The van der Waals surface area contributed by atoms with Crippen molar-refractivity contribution in [2.75, 3.05) is 26.3 Å². The predicted molar refractivity (Wildman–Crippen MR) is 90.7 cm³/mol. The minimum Gasteiger partial charge on any atom is -0.481 e. The standard InChI is InChI=1S/C20H27NO4/c22-18(17-15-12-1-2-13(11-12)16(15)17)21-7-3-14(4-8-21)20(19(23)24)5-9-25-10-6-20/h3,12-13,15-17H,1-2,4-11H2,(H,23,24)/t12-,13+,15+,16-,17?. The van der Waals surface area contributed by atoms with Crippen molar-refractivity contribution in [2.45, 2.75) is 38.5 Å². The first kappa shape index (κ1) is 15.9. The van der Waals surface area contributed by atoms with Crippen molar-refractivity contribution in [1.82, 2.24) is 4.90 Å². The van der Waals surface area contributed by atoms with Gasteiger partial charge in [-0.1, -0.05) is 11.6 Å². The summed E-state index contributed by atoms with van der Waals surface area (Å²) in [6.07, 6.45) is 7.88. The van der Waals surface area contributed by atoms with Gasteiger partial charge in [0.25, 0.3) is 0 Å². The van der Waals surface area contributed by atoms with Crippen LogP contribution in [0.1, 0.15) is 38.5 Å². The lowest BCUT2D eigenvalue weighted by molar-refractivity contribution is -0.151. The molecule has 1 N–H and O–H groups in total. The molecule has 5 rings (SSSR count). The van der Waals surface area contributed by atoms with Gasteiger partial charge in [-0.05, 0) is 62.2 Å². The molecule has 136 valence electrons. The van der Waals surface area contributed by atoms with Crippen LogP contribution >= 0.6 is 0 Å². The third-order valence-corrected chi connectivity index (χ3v) is 7.91. The molecule has 1 amide bonds. The van der Waals surface area contributed by atoms with Crippen molar-refractivity contribution < 1.29 is 19.4 Å². The summed E-state index contributed by atoms with van der Waals surface area (Å²) in [6.45, 7) is 2.31. The Labute approximate surface area is 148 Å². The number of aliphatic carboxylic acids is 1. The largest absolute Gasteiger partial charge is 0.481 e. The van der Waals surface area contributed by atoms with E-state index in [0.29, 0.717) is 63.3 Å². The van der Waals surface area contributed by atoms with Crippen LogP contribution in [0.5, 0.6) is 0 Å². The summed E-state index contributed by atoms with van der Waals surface area (Å²) in [5.41, 5.74) is 0.256. The molecule has 2 bridgehead atoms. The average molecular weight is 345 g/mol. The molecule has 5 atom stereocenters. The summed E-state index contributed by atoms with van der Waals surface area (Å²) in [6, 6.07) is 0. The average Bonchev–Trinajstić information content (AvgIpc) is 3.08. The SMILES string of the molecule is O=C(C1[C@@H]2[C@H]3CC[C@H](C3)[C@H]12)N1CC=C(C2(C(=O)O)CCOCC2)CC1. The van der Waals surface area contributed by atoms with Gasteiger partial charge in [-0.25, -0.2) is 0 Å². The summed E-state index contributed by atoms with van der Waals surface area (Å²) in [4.78, 5) is 26.9. The molecule has 0 spiro atoms. The number of carboxylic acids is 1. The zero-order valence-electron chi connectivity index (χ0n) is 14.7. The van der Waals surface area contributed by atoms with Gasteiger partial charge in [0.1, 0.15) is 0 Å². The highest BCUT2D eigenvalue weighted by Crippen LogP contribution is 2.69. The van der Waals surface area contributed by atoms with Crippen LogP contribution in [-0.4, -0.2) is 48.2 Å². The number of carboxylic acid groups (broad SMARTS) is 1. The second-order valence-electron chi connectivity index (χ2n) is 8.78. The Hall–Kier alpha value is -1.36. The Bertz CT molecular complexity index is 620. The minimum absolute atomic E-state index is 0.290. The van der Waals surface area contributed by atoms with Crippen LogP contribution in [-0.2, 0) is 14.3 Å². The zero-order chi connectivity index (χ0) is 17.2. The molecule has 1 unspecified atom stereocenters. The Morgan fingerprint density at radius 1 is 1.16 bits per heavy atom. The second kappa shape index (κ2) is 5.57. The Morgan fingerprint density at radius 3 is 2.40 bits per heavy atom. The molecule has 3 aliphatic carbocycles. The molecule has 25 heavy (non-hydrogen) atoms. The van der Waals surface area contributed by atoms with E-state index in [1.165, 1.54) is 19.3 Å². The van der Waals surface area contributed by atoms with Crippen LogP contribution in [0.3, 0.4) is 0 Å². The van der Waals surface area contributed by atoms with E-state index in [0.717, 1.165) is 17.4 Å². The van der Waals surface area contributed by atoms with Gasteiger partial charge in [-0.3, -0.25) is 9.59 Å². The van der Waals surface area contributed by atoms with Crippen LogP contribution in [0.25, 0.3) is 0 Å². The van der Waals surface area contributed by atoms with Gasteiger partial charge in [0, 0.05) is 32.2 Å². The number of hydrogen-bond acceptors (Lipinski definition) is 3. The summed E-state index contributed by atoms with van der Waals surface area (Å²) < 4.78 is 5.38. The first-order valence-electron chi connectivity index (χ1n) is 9.91. The molecular formula is C20H27NO4. The molecule has 0 aromatic heterocycles. The molecular weight excluding hydrogens is 318 g/mol. The number of amides is 1. The maximum Gasteiger partial charge on any atom is 0.313 e.